The van der Waals surface area contributed by atoms with Gasteiger partial charge in [-0.2, -0.15) is 0 Å². The quantitative estimate of drug-likeness (QED) is 0.798. The van der Waals surface area contributed by atoms with Gasteiger partial charge in [-0.1, -0.05) is 11.6 Å². The molecule has 15 heavy (non-hydrogen) atoms. The van der Waals surface area contributed by atoms with E-state index in [4.69, 9.17) is 11.6 Å². The van der Waals surface area contributed by atoms with Crippen LogP contribution in [0.5, 0.6) is 0 Å². The fourth-order valence-electron chi connectivity index (χ4n) is 1.21. The van der Waals surface area contributed by atoms with Crippen LogP contribution in [0.25, 0.3) is 0 Å². The highest BCUT2D eigenvalue weighted by molar-refractivity contribution is 6.29. The first-order chi connectivity index (χ1) is 6.99. The van der Waals surface area contributed by atoms with Crippen LogP contribution in [0.4, 0.5) is 5.82 Å². The maximum absolute atomic E-state index is 9.17. The van der Waals surface area contributed by atoms with E-state index >= 15 is 0 Å². The number of hydrogen-bond donors (Lipinski definition) is 1. The largest absolute Gasteiger partial charge is 0.393 e. The molecular weight excluding hydrogens is 214 g/mol. The van der Waals surface area contributed by atoms with Crippen molar-refractivity contribution >= 4 is 17.4 Å². The first-order valence-electron chi connectivity index (χ1n) is 4.89. The number of rotatable bonds is 4. The van der Waals surface area contributed by atoms with Crippen molar-refractivity contribution in [2.45, 2.75) is 26.4 Å². The second kappa shape index (κ2) is 5.28. The molecule has 84 valence electrons. The maximum atomic E-state index is 9.17. The summed E-state index contributed by atoms with van der Waals surface area (Å²) >= 11 is 5.83. The number of hydrogen-bond acceptors (Lipinski definition) is 4. The average molecular weight is 230 g/mol. The van der Waals surface area contributed by atoms with Gasteiger partial charge in [0.2, 0.25) is 0 Å². The van der Waals surface area contributed by atoms with Crippen molar-refractivity contribution in [3.63, 3.8) is 0 Å². The van der Waals surface area contributed by atoms with Crippen molar-refractivity contribution in [2.75, 3.05) is 18.5 Å². The summed E-state index contributed by atoms with van der Waals surface area (Å²) in [5, 5.41) is 9.62. The number of halogens is 1. The highest BCUT2D eigenvalue weighted by Gasteiger charge is 2.06. The molecule has 0 saturated heterocycles. The molecule has 1 aromatic heterocycles. The Bertz CT molecular complexity index is 310. The monoisotopic (exact) mass is 229 g/mol. The van der Waals surface area contributed by atoms with Crippen molar-refractivity contribution in [2.24, 2.45) is 0 Å². The normalized spacial score (nSPS) is 12.6. The van der Waals surface area contributed by atoms with Crippen molar-refractivity contribution in [3.8, 4) is 0 Å². The Morgan fingerprint density at radius 2 is 2.20 bits per heavy atom. The van der Waals surface area contributed by atoms with Crippen LogP contribution in [0.2, 0.25) is 5.15 Å². The Labute approximate surface area is 94.9 Å². The van der Waals surface area contributed by atoms with Gasteiger partial charge in [-0.3, -0.25) is 0 Å². The lowest BCUT2D eigenvalue weighted by Gasteiger charge is -2.19. The van der Waals surface area contributed by atoms with Crippen molar-refractivity contribution in [3.05, 3.63) is 17.0 Å². The second-order valence-electron chi connectivity index (χ2n) is 3.66. The molecule has 0 bridgehead atoms. The predicted octanol–water partition coefficient (Wildman–Crippen LogP) is 1.65. The SMILES string of the molecule is Cc1nc(Cl)cc(N(C)CC[C@@H](C)O)n1. The third kappa shape index (κ3) is 4.01. The van der Waals surface area contributed by atoms with E-state index in [1.165, 1.54) is 0 Å². The molecule has 0 unspecified atom stereocenters. The minimum absolute atomic E-state index is 0.300. The van der Waals surface area contributed by atoms with Crippen LogP contribution >= 0.6 is 11.6 Å². The van der Waals surface area contributed by atoms with Gasteiger partial charge in [0.15, 0.2) is 0 Å². The van der Waals surface area contributed by atoms with Crippen LogP contribution in [0.1, 0.15) is 19.2 Å². The first-order valence-corrected chi connectivity index (χ1v) is 5.27. The molecule has 1 aromatic rings. The highest BCUT2D eigenvalue weighted by Crippen LogP contribution is 2.14. The van der Waals surface area contributed by atoms with Gasteiger partial charge in [0.25, 0.3) is 0 Å². The molecule has 1 N–H and O–H groups in total. The van der Waals surface area contributed by atoms with Gasteiger partial charge in [0, 0.05) is 19.7 Å². The molecule has 0 spiro atoms. The van der Waals surface area contributed by atoms with Crippen LogP contribution in [-0.4, -0.2) is 34.8 Å². The highest BCUT2D eigenvalue weighted by atomic mass is 35.5. The molecule has 1 rings (SSSR count). The number of aliphatic hydroxyl groups is 1. The Balaban J connectivity index is 2.68. The predicted molar refractivity (Wildman–Crippen MR) is 61.3 cm³/mol. The molecule has 0 radical (unpaired) electrons. The van der Waals surface area contributed by atoms with E-state index in [9.17, 15) is 5.11 Å². The van der Waals surface area contributed by atoms with Crippen molar-refractivity contribution in [1.82, 2.24) is 9.97 Å². The van der Waals surface area contributed by atoms with Gasteiger partial charge in [-0.25, -0.2) is 9.97 Å². The van der Waals surface area contributed by atoms with Gasteiger partial charge in [-0.15, -0.1) is 0 Å². The van der Waals surface area contributed by atoms with Crippen LogP contribution in [0, 0.1) is 6.92 Å². The lowest BCUT2D eigenvalue weighted by Crippen LogP contribution is -2.23. The van der Waals surface area contributed by atoms with Crippen molar-refractivity contribution < 1.29 is 5.11 Å². The van der Waals surface area contributed by atoms with E-state index in [2.05, 4.69) is 9.97 Å². The number of aryl methyl sites for hydroxylation is 1. The standard InChI is InChI=1S/C10H16ClN3O/c1-7(15)4-5-14(3)10-6-9(11)12-8(2)13-10/h6-7,15H,4-5H2,1-3H3/t7-/m1/s1. The second-order valence-corrected chi connectivity index (χ2v) is 4.04. The number of anilines is 1. The number of aromatic nitrogens is 2. The topological polar surface area (TPSA) is 49.2 Å². The number of nitrogens with zero attached hydrogens (tertiary/aromatic N) is 3. The van der Waals surface area contributed by atoms with E-state index in [1.807, 2.05) is 11.9 Å². The van der Waals surface area contributed by atoms with Gasteiger partial charge in [0.1, 0.15) is 16.8 Å². The van der Waals surface area contributed by atoms with Crippen LogP contribution in [-0.2, 0) is 0 Å². The first kappa shape index (κ1) is 12.2. The average Bonchev–Trinajstić information content (AvgIpc) is 2.12. The molecule has 1 heterocycles. The van der Waals surface area contributed by atoms with E-state index in [0.29, 0.717) is 17.4 Å². The maximum Gasteiger partial charge on any atom is 0.134 e. The van der Waals surface area contributed by atoms with Gasteiger partial charge in [0.05, 0.1) is 6.10 Å². The zero-order valence-electron chi connectivity index (χ0n) is 9.24. The van der Waals surface area contributed by atoms with Gasteiger partial charge < -0.3 is 10.0 Å². The summed E-state index contributed by atoms with van der Waals surface area (Å²) in [6.45, 7) is 4.31. The molecular formula is C10H16ClN3O. The minimum atomic E-state index is -0.300. The molecule has 0 saturated carbocycles. The Morgan fingerprint density at radius 1 is 1.53 bits per heavy atom. The summed E-state index contributed by atoms with van der Waals surface area (Å²) in [6.07, 6.45) is 0.405. The molecule has 0 aromatic carbocycles. The third-order valence-corrected chi connectivity index (χ3v) is 2.26. The summed E-state index contributed by atoms with van der Waals surface area (Å²) in [7, 11) is 1.92. The van der Waals surface area contributed by atoms with Gasteiger partial charge >= 0.3 is 0 Å². The molecule has 5 heteroatoms. The number of aliphatic hydroxyl groups excluding tert-OH is 1. The molecule has 0 aliphatic heterocycles. The van der Waals surface area contributed by atoms with E-state index in [-0.39, 0.29) is 6.10 Å². The summed E-state index contributed by atoms with van der Waals surface area (Å²) < 4.78 is 0. The molecule has 0 aliphatic carbocycles. The summed E-state index contributed by atoms with van der Waals surface area (Å²) in [5.74, 6) is 1.44. The smallest absolute Gasteiger partial charge is 0.134 e. The minimum Gasteiger partial charge on any atom is -0.393 e. The third-order valence-electron chi connectivity index (χ3n) is 2.07. The summed E-state index contributed by atoms with van der Waals surface area (Å²) in [5.41, 5.74) is 0. The molecule has 0 amide bonds. The van der Waals surface area contributed by atoms with E-state index in [1.54, 1.807) is 19.9 Å². The van der Waals surface area contributed by atoms with Crippen molar-refractivity contribution in [1.29, 1.82) is 0 Å². The zero-order chi connectivity index (χ0) is 11.4. The van der Waals surface area contributed by atoms with E-state index < -0.39 is 0 Å². The zero-order valence-corrected chi connectivity index (χ0v) is 9.99. The molecule has 0 aliphatic rings. The van der Waals surface area contributed by atoms with Gasteiger partial charge in [-0.05, 0) is 20.3 Å². The fraction of sp³-hybridized carbons (Fsp3) is 0.600. The summed E-state index contributed by atoms with van der Waals surface area (Å²) in [6, 6.07) is 1.72. The van der Waals surface area contributed by atoms with Crippen LogP contribution in [0.3, 0.4) is 0 Å². The van der Waals surface area contributed by atoms with Crippen LogP contribution in [0.15, 0.2) is 6.07 Å². The molecule has 1 atom stereocenters. The Kier molecular flexibility index (Phi) is 4.29. The molecule has 4 nitrogen and oxygen atoms in total. The fourth-order valence-corrected chi connectivity index (χ4v) is 1.43. The lowest BCUT2D eigenvalue weighted by molar-refractivity contribution is 0.187. The lowest BCUT2D eigenvalue weighted by atomic mass is 10.3. The van der Waals surface area contributed by atoms with E-state index in [0.717, 1.165) is 12.4 Å². The summed E-state index contributed by atoms with van der Waals surface area (Å²) in [4.78, 5) is 10.2. The van der Waals surface area contributed by atoms with Crippen LogP contribution < -0.4 is 4.90 Å². The molecule has 0 fully saturated rings. The Morgan fingerprint density at radius 3 is 2.73 bits per heavy atom. The Hall–Kier alpha value is -0.870.